The fraction of sp³-hybridized carbons (Fsp3) is 0.346. The van der Waals surface area contributed by atoms with Crippen LogP contribution in [0.15, 0.2) is 47.4 Å². The van der Waals surface area contributed by atoms with E-state index in [1.807, 2.05) is 4.90 Å². The van der Waals surface area contributed by atoms with E-state index < -0.39 is 17.2 Å². The summed E-state index contributed by atoms with van der Waals surface area (Å²) >= 11 is 0. The van der Waals surface area contributed by atoms with Crippen molar-refractivity contribution in [3.8, 4) is 5.75 Å². The number of halogens is 1. The van der Waals surface area contributed by atoms with E-state index in [4.69, 9.17) is 0 Å². The zero-order chi connectivity index (χ0) is 24.7. The predicted molar refractivity (Wildman–Crippen MR) is 129 cm³/mol. The van der Waals surface area contributed by atoms with E-state index in [-0.39, 0.29) is 28.5 Å². The number of carbonyl (C=O) groups is 2. The molecular formula is C26H26FN3O5. The lowest BCUT2D eigenvalue weighted by molar-refractivity contribution is 0.0694. The van der Waals surface area contributed by atoms with Crippen molar-refractivity contribution in [1.29, 1.82) is 0 Å². The molecule has 1 saturated carbocycles. The summed E-state index contributed by atoms with van der Waals surface area (Å²) in [5.41, 5.74) is 0.507. The molecule has 1 aromatic heterocycles. The summed E-state index contributed by atoms with van der Waals surface area (Å²) in [7, 11) is 0. The van der Waals surface area contributed by atoms with Gasteiger partial charge in [-0.3, -0.25) is 14.5 Å². The number of phenols is 1. The molecule has 182 valence electrons. The Bertz CT molecular complexity index is 1360. The van der Waals surface area contributed by atoms with E-state index in [9.17, 15) is 24.6 Å². The third-order valence-corrected chi connectivity index (χ3v) is 6.83. The Morgan fingerprint density at radius 2 is 1.71 bits per heavy atom. The van der Waals surface area contributed by atoms with Crippen molar-refractivity contribution < 1.29 is 24.2 Å². The summed E-state index contributed by atoms with van der Waals surface area (Å²) in [5, 5.41) is 18.9. The number of hydrogen-bond acceptors (Lipinski definition) is 6. The molecule has 35 heavy (non-hydrogen) atoms. The zero-order valence-electron chi connectivity index (χ0n) is 19.1. The highest BCUT2D eigenvalue weighted by Gasteiger charge is 2.28. The highest BCUT2D eigenvalue weighted by atomic mass is 19.1. The van der Waals surface area contributed by atoms with Gasteiger partial charge in [0.2, 0.25) is 5.43 Å². The normalized spacial score (nSPS) is 16.5. The third kappa shape index (κ3) is 4.64. The van der Waals surface area contributed by atoms with E-state index in [2.05, 4.69) is 4.90 Å². The van der Waals surface area contributed by atoms with Gasteiger partial charge in [0.25, 0.3) is 0 Å². The fourth-order valence-electron chi connectivity index (χ4n) is 4.67. The van der Waals surface area contributed by atoms with Crippen LogP contribution in [0.4, 0.5) is 10.1 Å². The number of aromatic nitrogens is 1. The Morgan fingerprint density at radius 3 is 2.34 bits per heavy atom. The number of carboxylic acid groups (broad SMARTS) is 1. The van der Waals surface area contributed by atoms with E-state index in [1.54, 1.807) is 22.8 Å². The predicted octanol–water partition coefficient (Wildman–Crippen LogP) is 3.27. The number of carbonyl (C=O) groups excluding carboxylic acids is 1. The zero-order valence-corrected chi connectivity index (χ0v) is 19.1. The third-order valence-electron chi connectivity index (χ3n) is 6.83. The van der Waals surface area contributed by atoms with Crippen LogP contribution in [0.25, 0.3) is 10.9 Å². The second-order valence-electron chi connectivity index (χ2n) is 9.19. The number of benzene rings is 2. The summed E-state index contributed by atoms with van der Waals surface area (Å²) in [6.07, 6.45) is 3.53. The van der Waals surface area contributed by atoms with Gasteiger partial charge in [0.1, 0.15) is 17.1 Å². The number of aromatic hydroxyl groups is 1. The lowest BCUT2D eigenvalue weighted by Crippen LogP contribution is -2.47. The van der Waals surface area contributed by atoms with E-state index in [0.29, 0.717) is 55.9 Å². The van der Waals surface area contributed by atoms with Crippen molar-refractivity contribution in [2.45, 2.75) is 25.3 Å². The molecule has 1 aliphatic carbocycles. The van der Waals surface area contributed by atoms with Crippen LogP contribution in [0.3, 0.4) is 0 Å². The summed E-state index contributed by atoms with van der Waals surface area (Å²) in [6.45, 7) is 3.04. The molecule has 2 aliphatic rings. The second-order valence-corrected chi connectivity index (χ2v) is 9.19. The van der Waals surface area contributed by atoms with Gasteiger partial charge in [-0.2, -0.15) is 0 Å². The van der Waals surface area contributed by atoms with Crippen molar-refractivity contribution in [3.63, 3.8) is 0 Å². The van der Waals surface area contributed by atoms with Gasteiger partial charge < -0.3 is 19.7 Å². The number of anilines is 1. The number of pyridine rings is 1. The number of carboxylic acids is 1. The molecule has 0 bridgehead atoms. The molecule has 0 spiro atoms. The van der Waals surface area contributed by atoms with Crippen LogP contribution in [0.1, 0.15) is 46.0 Å². The largest absolute Gasteiger partial charge is 0.508 e. The molecule has 2 heterocycles. The molecule has 0 unspecified atom stereocenters. The van der Waals surface area contributed by atoms with Crippen LogP contribution in [-0.4, -0.2) is 64.2 Å². The molecule has 0 amide bonds. The van der Waals surface area contributed by atoms with E-state index in [1.165, 1.54) is 24.4 Å². The van der Waals surface area contributed by atoms with Crippen LogP contribution in [0.2, 0.25) is 0 Å². The summed E-state index contributed by atoms with van der Waals surface area (Å²) < 4.78 is 16.9. The summed E-state index contributed by atoms with van der Waals surface area (Å²) in [5.74, 6) is -1.73. The molecule has 0 radical (unpaired) electrons. The Kier molecular flexibility index (Phi) is 6.02. The van der Waals surface area contributed by atoms with Crippen molar-refractivity contribution in [1.82, 2.24) is 9.47 Å². The SMILES string of the molecule is O=C(CCN1CCN(c2cc3c(cc2F)c(=O)c(C(=O)O)cn3C2CC2)CC1)c1ccc(O)cc1. The Hall–Kier alpha value is -3.72. The number of fused-ring (bicyclic) bond motifs is 1. The molecule has 1 aliphatic heterocycles. The first-order valence-electron chi connectivity index (χ1n) is 11.7. The molecule has 2 N–H and O–H groups in total. The maximum atomic E-state index is 15.1. The van der Waals surface area contributed by atoms with Gasteiger partial charge in [-0.15, -0.1) is 0 Å². The number of phenolic OH excluding ortho intramolecular Hbond substituents is 1. The van der Waals surface area contributed by atoms with Crippen LogP contribution in [-0.2, 0) is 0 Å². The van der Waals surface area contributed by atoms with Crippen LogP contribution in [0.5, 0.6) is 5.75 Å². The summed E-state index contributed by atoms with van der Waals surface area (Å²) in [6, 6.07) is 9.17. The highest BCUT2D eigenvalue weighted by molar-refractivity contribution is 5.96. The van der Waals surface area contributed by atoms with Crippen LogP contribution in [0, 0.1) is 5.82 Å². The van der Waals surface area contributed by atoms with Gasteiger partial charge in [0.05, 0.1) is 11.2 Å². The second kappa shape index (κ2) is 9.14. The number of nitrogens with zero attached hydrogens (tertiary/aromatic N) is 3. The Balaban J connectivity index is 1.30. The van der Waals surface area contributed by atoms with Crippen molar-refractivity contribution >= 4 is 28.3 Å². The van der Waals surface area contributed by atoms with Gasteiger partial charge in [-0.05, 0) is 49.2 Å². The minimum atomic E-state index is -1.31. The first kappa shape index (κ1) is 23.0. The number of piperazine rings is 1. The number of Topliss-reactive ketones (excluding diaryl/α,β-unsaturated/α-hetero) is 1. The lowest BCUT2D eigenvalue weighted by atomic mass is 10.1. The fourth-order valence-corrected chi connectivity index (χ4v) is 4.67. The van der Waals surface area contributed by atoms with Gasteiger partial charge in [-0.25, -0.2) is 9.18 Å². The van der Waals surface area contributed by atoms with Gasteiger partial charge >= 0.3 is 5.97 Å². The first-order valence-corrected chi connectivity index (χ1v) is 11.7. The summed E-state index contributed by atoms with van der Waals surface area (Å²) in [4.78, 5) is 40.7. The smallest absolute Gasteiger partial charge is 0.341 e. The van der Waals surface area contributed by atoms with E-state index >= 15 is 4.39 Å². The standard InChI is InChI=1S/C26H26FN3O5/c27-21-13-19-22(30(17-3-4-17)15-20(25(19)33)26(34)35)14-23(21)29-11-9-28(10-12-29)8-7-24(32)16-1-5-18(31)6-2-16/h1-2,5-6,13-15,17,31H,3-4,7-12H2,(H,34,35). The Labute approximate surface area is 200 Å². The van der Waals surface area contributed by atoms with Gasteiger partial charge in [0, 0.05) is 62.3 Å². The maximum Gasteiger partial charge on any atom is 0.341 e. The number of hydrogen-bond donors (Lipinski definition) is 2. The van der Waals surface area contributed by atoms with E-state index in [0.717, 1.165) is 12.8 Å². The molecule has 9 heteroatoms. The molecular weight excluding hydrogens is 453 g/mol. The number of rotatable bonds is 7. The lowest BCUT2D eigenvalue weighted by Gasteiger charge is -2.36. The van der Waals surface area contributed by atoms with Crippen molar-refractivity contribution in [3.05, 3.63) is 69.8 Å². The molecule has 0 atom stereocenters. The maximum absolute atomic E-state index is 15.1. The molecule has 2 aromatic carbocycles. The van der Waals surface area contributed by atoms with Crippen molar-refractivity contribution in [2.75, 3.05) is 37.6 Å². The van der Waals surface area contributed by atoms with Gasteiger partial charge in [0.15, 0.2) is 5.78 Å². The molecule has 1 saturated heterocycles. The monoisotopic (exact) mass is 479 g/mol. The number of aromatic carboxylic acids is 1. The van der Waals surface area contributed by atoms with Crippen LogP contribution >= 0.6 is 0 Å². The van der Waals surface area contributed by atoms with Gasteiger partial charge in [-0.1, -0.05) is 0 Å². The average molecular weight is 480 g/mol. The minimum Gasteiger partial charge on any atom is -0.508 e. The highest BCUT2D eigenvalue weighted by Crippen LogP contribution is 2.38. The quantitative estimate of drug-likeness (QED) is 0.502. The minimum absolute atomic E-state index is 0.00628. The van der Waals surface area contributed by atoms with Crippen molar-refractivity contribution in [2.24, 2.45) is 0 Å². The molecule has 2 fully saturated rings. The van der Waals surface area contributed by atoms with Crippen LogP contribution < -0.4 is 10.3 Å². The topological polar surface area (TPSA) is 103 Å². The Morgan fingerprint density at radius 1 is 1.03 bits per heavy atom. The molecule has 8 nitrogen and oxygen atoms in total. The first-order chi connectivity index (χ1) is 16.8. The molecule has 3 aromatic rings. The molecule has 5 rings (SSSR count). The average Bonchev–Trinajstić information content (AvgIpc) is 3.69. The number of ketones is 1.